The average molecular weight is 502 g/mol. The SMILES string of the molecule is CC(C)[Si](C#Cc1c(-c2ccc3ccccc3c2)n2c(=O)cccc2c2ccccc12)(C(C)C)C(C)C. The van der Waals surface area contributed by atoms with Crippen molar-refractivity contribution in [1.82, 2.24) is 4.40 Å². The highest BCUT2D eigenvalue weighted by Gasteiger charge is 2.41. The number of nitrogens with zero attached hydrogens (tertiary/aromatic N) is 1. The molecule has 0 spiro atoms. The summed E-state index contributed by atoms with van der Waals surface area (Å²) in [5.74, 6) is 3.76. The summed E-state index contributed by atoms with van der Waals surface area (Å²) in [6.07, 6.45) is 0. The molecule has 2 nitrogen and oxygen atoms in total. The van der Waals surface area contributed by atoms with Crippen LogP contribution in [0.5, 0.6) is 0 Å². The van der Waals surface area contributed by atoms with Crippen molar-refractivity contribution < 1.29 is 0 Å². The van der Waals surface area contributed by atoms with Gasteiger partial charge in [0.05, 0.1) is 16.8 Å². The molecule has 186 valence electrons. The molecule has 0 radical (unpaired) electrons. The Balaban J connectivity index is 1.97. The van der Waals surface area contributed by atoms with Gasteiger partial charge >= 0.3 is 0 Å². The molecule has 5 aromatic rings. The van der Waals surface area contributed by atoms with Crippen LogP contribution in [-0.4, -0.2) is 12.5 Å². The maximum Gasteiger partial charge on any atom is 0.255 e. The standard InChI is InChI=1S/C34H35NOSi/c1-23(2)37(24(3)4,25(5)6)21-20-31-29-14-9-10-15-30(29)32-16-11-17-33(36)35(32)34(31)28-19-18-26-12-7-8-13-27(26)22-28/h7-19,22-25H,1-6H3. The molecular formula is C34H35NOSi. The van der Waals surface area contributed by atoms with Gasteiger partial charge in [0.1, 0.15) is 8.07 Å². The van der Waals surface area contributed by atoms with Gasteiger partial charge in [0, 0.05) is 22.4 Å². The van der Waals surface area contributed by atoms with E-state index in [-0.39, 0.29) is 5.56 Å². The highest BCUT2D eigenvalue weighted by atomic mass is 28.3. The monoisotopic (exact) mass is 501 g/mol. The molecule has 0 unspecified atom stereocenters. The Hall–Kier alpha value is -3.61. The fraction of sp³-hybridized carbons (Fsp3) is 0.265. The van der Waals surface area contributed by atoms with E-state index in [2.05, 4.69) is 114 Å². The van der Waals surface area contributed by atoms with Crippen LogP contribution in [-0.2, 0) is 0 Å². The Bertz CT molecular complexity index is 1730. The number of benzene rings is 3. The lowest BCUT2D eigenvalue weighted by atomic mass is 9.96. The van der Waals surface area contributed by atoms with E-state index in [4.69, 9.17) is 0 Å². The van der Waals surface area contributed by atoms with E-state index in [0.29, 0.717) is 16.6 Å². The van der Waals surface area contributed by atoms with E-state index in [1.165, 1.54) is 5.39 Å². The molecule has 0 saturated heterocycles. The average Bonchev–Trinajstić information content (AvgIpc) is 2.88. The normalized spacial score (nSPS) is 12.1. The van der Waals surface area contributed by atoms with Gasteiger partial charge in [-0.3, -0.25) is 9.20 Å². The maximum atomic E-state index is 13.5. The van der Waals surface area contributed by atoms with Gasteiger partial charge in [0.15, 0.2) is 0 Å². The second-order valence-electron chi connectivity index (χ2n) is 11.1. The summed E-state index contributed by atoms with van der Waals surface area (Å²) in [6, 6.07) is 28.8. The number of rotatable bonds is 4. The summed E-state index contributed by atoms with van der Waals surface area (Å²) in [7, 11) is -1.99. The van der Waals surface area contributed by atoms with Gasteiger partial charge in [-0.05, 0) is 39.5 Å². The first-order valence-electron chi connectivity index (χ1n) is 13.3. The number of pyridine rings is 2. The quantitative estimate of drug-likeness (QED) is 0.137. The first-order chi connectivity index (χ1) is 17.8. The first kappa shape index (κ1) is 25.1. The van der Waals surface area contributed by atoms with E-state index in [9.17, 15) is 4.79 Å². The summed E-state index contributed by atoms with van der Waals surface area (Å²) in [5.41, 5.74) is 9.25. The van der Waals surface area contributed by atoms with Crippen LogP contribution >= 0.6 is 0 Å². The number of fused-ring (bicyclic) bond motifs is 4. The molecule has 3 heteroatoms. The molecule has 0 N–H and O–H groups in total. The molecule has 0 bridgehead atoms. The second-order valence-corrected chi connectivity index (χ2v) is 16.6. The van der Waals surface area contributed by atoms with Crippen LogP contribution in [0.2, 0.25) is 16.6 Å². The molecular weight excluding hydrogens is 466 g/mol. The Morgan fingerprint density at radius 2 is 1.30 bits per heavy atom. The molecule has 0 fully saturated rings. The molecule has 0 aliphatic carbocycles. The third-order valence-corrected chi connectivity index (χ3v) is 14.5. The fourth-order valence-corrected chi connectivity index (χ4v) is 11.6. The van der Waals surface area contributed by atoms with Crippen molar-refractivity contribution in [3.8, 4) is 22.7 Å². The van der Waals surface area contributed by atoms with Crippen LogP contribution in [0.15, 0.2) is 89.7 Å². The van der Waals surface area contributed by atoms with Crippen LogP contribution < -0.4 is 5.56 Å². The lowest BCUT2D eigenvalue weighted by Gasteiger charge is -2.38. The Morgan fingerprint density at radius 1 is 0.676 bits per heavy atom. The maximum absolute atomic E-state index is 13.5. The molecule has 0 aliphatic heterocycles. The van der Waals surface area contributed by atoms with E-state index in [0.717, 1.165) is 38.5 Å². The molecule has 5 rings (SSSR count). The number of hydrogen-bond acceptors (Lipinski definition) is 1. The second kappa shape index (κ2) is 9.69. The third-order valence-electron chi connectivity index (χ3n) is 8.18. The Kier molecular flexibility index (Phi) is 6.56. The summed E-state index contributed by atoms with van der Waals surface area (Å²) in [4.78, 5) is 13.5. The molecule has 37 heavy (non-hydrogen) atoms. The van der Waals surface area contributed by atoms with Crippen molar-refractivity contribution in [2.75, 3.05) is 0 Å². The van der Waals surface area contributed by atoms with Crippen molar-refractivity contribution in [2.24, 2.45) is 0 Å². The van der Waals surface area contributed by atoms with Gasteiger partial charge in [-0.2, -0.15) is 0 Å². The Morgan fingerprint density at radius 3 is 1.97 bits per heavy atom. The number of hydrogen-bond donors (Lipinski definition) is 0. The van der Waals surface area contributed by atoms with Crippen LogP contribution in [0, 0.1) is 11.5 Å². The third kappa shape index (κ3) is 4.10. The van der Waals surface area contributed by atoms with Crippen LogP contribution in [0.1, 0.15) is 47.1 Å². The van der Waals surface area contributed by atoms with Crippen molar-refractivity contribution in [1.29, 1.82) is 0 Å². The zero-order valence-electron chi connectivity index (χ0n) is 22.7. The van der Waals surface area contributed by atoms with Gasteiger partial charge in [0.25, 0.3) is 5.56 Å². The van der Waals surface area contributed by atoms with E-state index in [1.54, 1.807) is 6.07 Å². The van der Waals surface area contributed by atoms with E-state index >= 15 is 0 Å². The largest absolute Gasteiger partial charge is 0.275 e. The molecule has 3 aromatic carbocycles. The first-order valence-corrected chi connectivity index (χ1v) is 15.6. The molecule has 0 atom stereocenters. The lowest BCUT2D eigenvalue weighted by Crippen LogP contribution is -2.43. The topological polar surface area (TPSA) is 21.5 Å². The van der Waals surface area contributed by atoms with Gasteiger partial charge in [0.2, 0.25) is 0 Å². The zero-order valence-corrected chi connectivity index (χ0v) is 23.7. The van der Waals surface area contributed by atoms with Crippen LogP contribution in [0.3, 0.4) is 0 Å². The summed E-state index contributed by atoms with van der Waals surface area (Å²) < 4.78 is 1.87. The van der Waals surface area contributed by atoms with Crippen molar-refractivity contribution in [2.45, 2.75) is 58.2 Å². The summed E-state index contributed by atoms with van der Waals surface area (Å²) in [5, 5.41) is 4.49. The summed E-state index contributed by atoms with van der Waals surface area (Å²) in [6.45, 7) is 14.0. The van der Waals surface area contributed by atoms with Crippen molar-refractivity contribution in [3.63, 3.8) is 0 Å². The van der Waals surface area contributed by atoms with E-state index in [1.807, 2.05) is 22.6 Å². The van der Waals surface area contributed by atoms with Crippen molar-refractivity contribution in [3.05, 3.63) is 101 Å². The van der Waals surface area contributed by atoms with Gasteiger partial charge in [-0.1, -0.05) is 114 Å². The van der Waals surface area contributed by atoms with Crippen LogP contribution in [0.4, 0.5) is 0 Å². The predicted molar refractivity (Wildman–Crippen MR) is 162 cm³/mol. The van der Waals surface area contributed by atoms with Gasteiger partial charge in [-0.25, -0.2) is 0 Å². The molecule has 2 heterocycles. The highest BCUT2D eigenvalue weighted by Crippen LogP contribution is 2.41. The molecule has 0 amide bonds. The lowest BCUT2D eigenvalue weighted by molar-refractivity contribution is 0.838. The number of aromatic nitrogens is 1. The molecule has 0 aliphatic rings. The highest BCUT2D eigenvalue weighted by molar-refractivity contribution is 6.90. The van der Waals surface area contributed by atoms with E-state index < -0.39 is 8.07 Å². The minimum Gasteiger partial charge on any atom is -0.275 e. The fourth-order valence-electron chi connectivity index (χ4n) is 6.43. The summed E-state index contributed by atoms with van der Waals surface area (Å²) >= 11 is 0. The predicted octanol–water partition coefficient (Wildman–Crippen LogP) is 8.84. The molecule has 0 saturated carbocycles. The smallest absolute Gasteiger partial charge is 0.255 e. The zero-order chi connectivity index (χ0) is 26.3. The minimum atomic E-state index is -1.99. The van der Waals surface area contributed by atoms with Gasteiger partial charge in [-0.15, -0.1) is 5.54 Å². The minimum absolute atomic E-state index is 0.0328. The van der Waals surface area contributed by atoms with Crippen molar-refractivity contribution >= 4 is 35.1 Å². The van der Waals surface area contributed by atoms with Crippen LogP contribution in [0.25, 0.3) is 38.3 Å². The molecule has 2 aromatic heterocycles. The Labute approximate surface area is 221 Å². The van der Waals surface area contributed by atoms with Gasteiger partial charge < -0.3 is 0 Å².